The fourth-order valence-electron chi connectivity index (χ4n) is 2.42. The lowest BCUT2D eigenvalue weighted by atomic mass is 10.2. The minimum absolute atomic E-state index is 0.0628. The second-order valence-electron chi connectivity index (χ2n) is 6.60. The van der Waals surface area contributed by atoms with Crippen LogP contribution in [0.1, 0.15) is 49.6 Å². The maximum atomic E-state index is 12.0. The molecule has 25 heavy (non-hydrogen) atoms. The Morgan fingerprint density at radius 1 is 1.28 bits per heavy atom. The maximum Gasteiger partial charge on any atom is 0.273 e. The van der Waals surface area contributed by atoms with Crippen LogP contribution in [0.25, 0.3) is 0 Å². The fourth-order valence-corrected chi connectivity index (χ4v) is 2.42. The van der Waals surface area contributed by atoms with Crippen molar-refractivity contribution in [3.8, 4) is 5.75 Å². The second-order valence-corrected chi connectivity index (χ2v) is 6.60. The van der Waals surface area contributed by atoms with Gasteiger partial charge in [-0.1, -0.05) is 12.1 Å². The van der Waals surface area contributed by atoms with Gasteiger partial charge in [-0.05, 0) is 45.4 Å². The van der Waals surface area contributed by atoms with E-state index < -0.39 is 0 Å². The first-order chi connectivity index (χ1) is 11.9. The summed E-state index contributed by atoms with van der Waals surface area (Å²) in [6.07, 6.45) is 1.41. The lowest BCUT2D eigenvalue weighted by molar-refractivity contribution is 0.0938. The van der Waals surface area contributed by atoms with Gasteiger partial charge in [0, 0.05) is 18.6 Å². The van der Waals surface area contributed by atoms with Crippen molar-refractivity contribution in [1.82, 2.24) is 15.2 Å². The topological polar surface area (TPSA) is 67.6 Å². The van der Waals surface area contributed by atoms with Gasteiger partial charge in [0.05, 0.1) is 13.7 Å². The zero-order valence-corrected chi connectivity index (χ0v) is 15.6. The zero-order valence-electron chi connectivity index (χ0n) is 15.6. The second kappa shape index (κ2) is 8.67. The molecule has 0 saturated carbocycles. The number of benzene rings is 1. The van der Waals surface area contributed by atoms with E-state index in [1.165, 1.54) is 6.26 Å². The summed E-state index contributed by atoms with van der Waals surface area (Å²) in [4.78, 5) is 18.5. The number of methoxy groups -OCH3 is 1. The molecular formula is C19H27N3O3. The SMILES string of the molecule is COc1cccc(CN(Cc2nc(C(=O)NC(C)C)co2)C(C)C)c1. The Morgan fingerprint density at radius 3 is 2.68 bits per heavy atom. The van der Waals surface area contributed by atoms with Crippen molar-refractivity contribution in [1.29, 1.82) is 0 Å². The van der Waals surface area contributed by atoms with E-state index in [0.717, 1.165) is 17.9 Å². The molecule has 0 aliphatic heterocycles. The van der Waals surface area contributed by atoms with Gasteiger partial charge in [-0.25, -0.2) is 4.98 Å². The first-order valence-corrected chi connectivity index (χ1v) is 8.51. The van der Waals surface area contributed by atoms with Crippen molar-refractivity contribution in [2.45, 2.75) is 52.9 Å². The van der Waals surface area contributed by atoms with Gasteiger partial charge in [-0.2, -0.15) is 0 Å². The molecule has 136 valence electrons. The minimum atomic E-state index is -0.214. The van der Waals surface area contributed by atoms with E-state index in [0.29, 0.717) is 24.2 Å². The minimum Gasteiger partial charge on any atom is -0.497 e. The van der Waals surface area contributed by atoms with Crippen molar-refractivity contribution in [3.05, 3.63) is 47.7 Å². The first-order valence-electron chi connectivity index (χ1n) is 8.51. The predicted octanol–water partition coefficient (Wildman–Crippen LogP) is 3.23. The fraction of sp³-hybridized carbons (Fsp3) is 0.474. The van der Waals surface area contributed by atoms with Gasteiger partial charge in [-0.15, -0.1) is 0 Å². The molecule has 0 atom stereocenters. The van der Waals surface area contributed by atoms with Crippen molar-refractivity contribution in [2.75, 3.05) is 7.11 Å². The molecule has 6 heteroatoms. The number of hydrogen-bond donors (Lipinski definition) is 1. The van der Waals surface area contributed by atoms with Crippen LogP contribution in [0.2, 0.25) is 0 Å². The highest BCUT2D eigenvalue weighted by atomic mass is 16.5. The Balaban J connectivity index is 2.06. The lowest BCUT2D eigenvalue weighted by Gasteiger charge is -2.25. The summed E-state index contributed by atoms with van der Waals surface area (Å²) in [6, 6.07) is 8.35. The molecule has 0 aliphatic rings. The Bertz CT molecular complexity index is 695. The normalized spacial score (nSPS) is 11.4. The summed E-state index contributed by atoms with van der Waals surface area (Å²) in [6.45, 7) is 9.33. The van der Waals surface area contributed by atoms with Crippen LogP contribution in [0.5, 0.6) is 5.75 Å². The van der Waals surface area contributed by atoms with Crippen LogP contribution in [-0.4, -0.2) is 35.0 Å². The monoisotopic (exact) mass is 345 g/mol. The van der Waals surface area contributed by atoms with E-state index >= 15 is 0 Å². The van der Waals surface area contributed by atoms with Gasteiger partial charge < -0.3 is 14.5 Å². The first kappa shape index (κ1) is 19.0. The third kappa shape index (κ3) is 5.60. The number of nitrogens with zero attached hydrogens (tertiary/aromatic N) is 2. The third-order valence-corrected chi connectivity index (χ3v) is 3.79. The number of hydrogen-bond acceptors (Lipinski definition) is 5. The largest absolute Gasteiger partial charge is 0.497 e. The highest BCUT2D eigenvalue weighted by Gasteiger charge is 2.17. The van der Waals surface area contributed by atoms with Crippen molar-refractivity contribution in [2.24, 2.45) is 0 Å². The standard InChI is InChI=1S/C19H27N3O3/c1-13(2)20-19(23)17-12-25-18(21-17)11-22(14(3)4)10-15-7-6-8-16(9-15)24-5/h6-9,12-14H,10-11H2,1-5H3,(H,20,23). The predicted molar refractivity (Wildman–Crippen MR) is 96.5 cm³/mol. The van der Waals surface area contributed by atoms with Crippen LogP contribution in [0.15, 0.2) is 34.9 Å². The molecule has 1 aromatic carbocycles. The van der Waals surface area contributed by atoms with Crippen molar-refractivity contribution in [3.63, 3.8) is 0 Å². The molecule has 0 saturated heterocycles. The van der Waals surface area contributed by atoms with Crippen LogP contribution < -0.4 is 10.1 Å². The molecule has 0 fully saturated rings. The number of carbonyl (C=O) groups is 1. The van der Waals surface area contributed by atoms with E-state index in [1.807, 2.05) is 32.0 Å². The summed E-state index contributed by atoms with van der Waals surface area (Å²) in [7, 11) is 1.66. The Morgan fingerprint density at radius 2 is 2.04 bits per heavy atom. The van der Waals surface area contributed by atoms with Crippen molar-refractivity contribution < 1.29 is 13.9 Å². The molecule has 2 rings (SSSR count). The number of carbonyl (C=O) groups excluding carboxylic acids is 1. The van der Waals surface area contributed by atoms with Gasteiger partial charge in [0.25, 0.3) is 5.91 Å². The summed E-state index contributed by atoms with van der Waals surface area (Å²) >= 11 is 0. The Kier molecular flexibility index (Phi) is 6.58. The number of oxazole rings is 1. The number of nitrogens with one attached hydrogen (secondary N) is 1. The number of rotatable bonds is 8. The molecule has 0 unspecified atom stereocenters. The van der Waals surface area contributed by atoms with E-state index in [-0.39, 0.29) is 11.9 Å². The lowest BCUT2D eigenvalue weighted by Crippen LogP contribution is -2.31. The van der Waals surface area contributed by atoms with Gasteiger partial charge in [0.2, 0.25) is 5.89 Å². The molecule has 1 heterocycles. The van der Waals surface area contributed by atoms with E-state index in [9.17, 15) is 4.79 Å². The number of ether oxygens (including phenoxy) is 1. The maximum absolute atomic E-state index is 12.0. The number of amides is 1. The van der Waals surface area contributed by atoms with Crippen LogP contribution in [0, 0.1) is 0 Å². The number of aromatic nitrogens is 1. The average molecular weight is 345 g/mol. The van der Waals surface area contributed by atoms with E-state index in [2.05, 4.69) is 35.1 Å². The Labute approximate surface area is 149 Å². The highest BCUT2D eigenvalue weighted by Crippen LogP contribution is 2.17. The average Bonchev–Trinajstić information content (AvgIpc) is 3.02. The summed E-state index contributed by atoms with van der Waals surface area (Å²) < 4.78 is 10.8. The molecule has 1 N–H and O–H groups in total. The molecule has 0 radical (unpaired) electrons. The van der Waals surface area contributed by atoms with Crippen LogP contribution >= 0.6 is 0 Å². The van der Waals surface area contributed by atoms with Gasteiger partial charge >= 0.3 is 0 Å². The molecule has 0 spiro atoms. The molecule has 1 amide bonds. The van der Waals surface area contributed by atoms with Gasteiger partial charge in [0.15, 0.2) is 5.69 Å². The summed E-state index contributed by atoms with van der Waals surface area (Å²) in [5, 5.41) is 2.81. The van der Waals surface area contributed by atoms with E-state index in [4.69, 9.17) is 9.15 Å². The van der Waals surface area contributed by atoms with Crippen molar-refractivity contribution >= 4 is 5.91 Å². The van der Waals surface area contributed by atoms with Crippen LogP contribution in [-0.2, 0) is 13.1 Å². The van der Waals surface area contributed by atoms with E-state index in [1.54, 1.807) is 7.11 Å². The summed E-state index contributed by atoms with van der Waals surface area (Å²) in [5.74, 6) is 1.16. The molecule has 2 aromatic rings. The Hall–Kier alpha value is -2.34. The molecule has 0 aliphatic carbocycles. The zero-order chi connectivity index (χ0) is 18.4. The van der Waals surface area contributed by atoms with Gasteiger partial charge in [-0.3, -0.25) is 9.69 Å². The highest BCUT2D eigenvalue weighted by molar-refractivity contribution is 5.92. The van der Waals surface area contributed by atoms with Gasteiger partial charge in [0.1, 0.15) is 12.0 Å². The molecule has 1 aromatic heterocycles. The molecule has 6 nitrogen and oxygen atoms in total. The smallest absolute Gasteiger partial charge is 0.273 e. The molecule has 0 bridgehead atoms. The third-order valence-electron chi connectivity index (χ3n) is 3.79. The van der Waals surface area contributed by atoms with Crippen LogP contribution in [0.4, 0.5) is 0 Å². The van der Waals surface area contributed by atoms with Crippen LogP contribution in [0.3, 0.4) is 0 Å². The quantitative estimate of drug-likeness (QED) is 0.795. The molecular weight excluding hydrogens is 318 g/mol. The summed E-state index contributed by atoms with van der Waals surface area (Å²) in [5.41, 5.74) is 1.46.